The fourth-order valence-corrected chi connectivity index (χ4v) is 3.56. The van der Waals surface area contributed by atoms with Crippen LogP contribution in [0.15, 0.2) is 23.4 Å². The summed E-state index contributed by atoms with van der Waals surface area (Å²) in [4.78, 5) is 2.33. The number of benzene rings is 1. The van der Waals surface area contributed by atoms with Gasteiger partial charge in [-0.05, 0) is 36.7 Å². The summed E-state index contributed by atoms with van der Waals surface area (Å²) >= 11 is 1.98. The molecule has 3 N–H and O–H groups in total. The predicted octanol–water partition coefficient (Wildman–Crippen LogP) is 2.64. The number of amidine groups is 1. The van der Waals surface area contributed by atoms with Crippen LogP contribution in [-0.2, 0) is 6.54 Å². The van der Waals surface area contributed by atoms with E-state index in [1.807, 2.05) is 11.8 Å². The van der Waals surface area contributed by atoms with E-state index in [0.29, 0.717) is 16.9 Å². The second kappa shape index (κ2) is 6.66. The summed E-state index contributed by atoms with van der Waals surface area (Å²) in [7, 11) is 0. The molecule has 116 valence electrons. The van der Waals surface area contributed by atoms with Crippen molar-refractivity contribution in [2.24, 2.45) is 10.9 Å². The Labute approximate surface area is 129 Å². The van der Waals surface area contributed by atoms with E-state index < -0.39 is 0 Å². The van der Waals surface area contributed by atoms with E-state index in [0.717, 1.165) is 30.8 Å². The zero-order valence-corrected chi connectivity index (χ0v) is 13.3. The lowest BCUT2D eigenvalue weighted by atomic mass is 10.1. The van der Waals surface area contributed by atoms with Gasteiger partial charge in [-0.2, -0.15) is 11.8 Å². The molecule has 0 amide bonds. The van der Waals surface area contributed by atoms with Crippen LogP contribution in [0.2, 0.25) is 0 Å². The molecule has 1 aliphatic rings. The summed E-state index contributed by atoms with van der Waals surface area (Å²) in [5, 5.41) is 11.6. The maximum atomic E-state index is 13.7. The minimum absolute atomic E-state index is 0.0664. The molecule has 1 fully saturated rings. The number of halogens is 1. The van der Waals surface area contributed by atoms with Crippen LogP contribution in [-0.4, -0.2) is 39.5 Å². The van der Waals surface area contributed by atoms with E-state index in [1.165, 1.54) is 12.1 Å². The van der Waals surface area contributed by atoms with Crippen molar-refractivity contribution in [2.45, 2.75) is 31.6 Å². The van der Waals surface area contributed by atoms with Crippen molar-refractivity contribution in [1.29, 1.82) is 0 Å². The largest absolute Gasteiger partial charge is 0.409 e. The van der Waals surface area contributed by atoms with Crippen molar-refractivity contribution in [3.8, 4) is 0 Å². The lowest BCUT2D eigenvalue weighted by Gasteiger charge is -2.22. The molecule has 21 heavy (non-hydrogen) atoms. The van der Waals surface area contributed by atoms with Gasteiger partial charge < -0.3 is 10.9 Å². The smallest absolute Gasteiger partial charge is 0.170 e. The van der Waals surface area contributed by atoms with Crippen molar-refractivity contribution < 1.29 is 9.60 Å². The zero-order valence-electron chi connectivity index (χ0n) is 12.5. The molecule has 2 rings (SSSR count). The van der Waals surface area contributed by atoms with Crippen molar-refractivity contribution >= 4 is 17.6 Å². The molecule has 1 heterocycles. The van der Waals surface area contributed by atoms with Gasteiger partial charge in [0.15, 0.2) is 5.84 Å². The number of thioether (sulfide) groups is 1. The maximum absolute atomic E-state index is 13.7. The van der Waals surface area contributed by atoms with Crippen LogP contribution in [0.25, 0.3) is 0 Å². The van der Waals surface area contributed by atoms with Gasteiger partial charge in [0.25, 0.3) is 0 Å². The fourth-order valence-electron chi connectivity index (χ4n) is 2.43. The number of rotatable bonds is 3. The Balaban J connectivity index is 2.10. The van der Waals surface area contributed by atoms with Gasteiger partial charge in [0.1, 0.15) is 5.82 Å². The first-order valence-electron chi connectivity index (χ1n) is 7.03. The van der Waals surface area contributed by atoms with Gasteiger partial charge in [0.2, 0.25) is 0 Å². The molecular formula is C15H22FN3OS. The number of hydrogen-bond donors (Lipinski definition) is 2. The molecule has 0 spiro atoms. The molecule has 0 bridgehead atoms. The van der Waals surface area contributed by atoms with Crippen molar-refractivity contribution in [1.82, 2.24) is 4.90 Å². The molecule has 0 aromatic heterocycles. The van der Waals surface area contributed by atoms with Crippen molar-refractivity contribution in [3.63, 3.8) is 0 Å². The Morgan fingerprint density at radius 2 is 2.19 bits per heavy atom. The Hall–Kier alpha value is -1.27. The summed E-state index contributed by atoms with van der Waals surface area (Å²) in [6.07, 6.45) is 1.11. The van der Waals surface area contributed by atoms with E-state index in [4.69, 9.17) is 10.9 Å². The zero-order chi connectivity index (χ0) is 15.5. The average Bonchev–Trinajstić information content (AvgIpc) is 2.58. The molecule has 1 saturated heterocycles. The van der Waals surface area contributed by atoms with E-state index in [1.54, 1.807) is 6.07 Å². The second-order valence-corrected chi connectivity index (χ2v) is 7.77. The first-order chi connectivity index (χ1) is 9.89. The van der Waals surface area contributed by atoms with Crippen LogP contribution in [0.1, 0.15) is 31.4 Å². The monoisotopic (exact) mass is 311 g/mol. The molecule has 0 saturated carbocycles. The highest BCUT2D eigenvalue weighted by atomic mass is 32.2. The third-order valence-electron chi connectivity index (χ3n) is 3.70. The standard InChI is InChI=1S/C15H22FN3OS/c1-15(2)3-4-19(5-6-21-15)10-11-7-12(14(17)18-20)9-13(16)8-11/h7-9,20H,3-6,10H2,1-2H3,(H2,17,18). The minimum Gasteiger partial charge on any atom is -0.409 e. The fraction of sp³-hybridized carbons (Fsp3) is 0.533. The lowest BCUT2D eigenvalue weighted by Crippen LogP contribution is -2.27. The Kier molecular flexibility index (Phi) is 5.11. The van der Waals surface area contributed by atoms with Gasteiger partial charge in [-0.3, -0.25) is 4.90 Å². The average molecular weight is 311 g/mol. The summed E-state index contributed by atoms with van der Waals surface area (Å²) < 4.78 is 14.0. The molecule has 0 radical (unpaired) electrons. The Morgan fingerprint density at radius 1 is 1.43 bits per heavy atom. The molecule has 0 aliphatic carbocycles. The molecule has 1 aliphatic heterocycles. The number of hydrogen-bond acceptors (Lipinski definition) is 4. The van der Waals surface area contributed by atoms with Gasteiger partial charge >= 0.3 is 0 Å². The summed E-state index contributed by atoms with van der Waals surface area (Å²) in [6.45, 7) is 7.19. The Bertz CT molecular complexity index is 534. The Morgan fingerprint density at radius 3 is 2.90 bits per heavy atom. The van der Waals surface area contributed by atoms with Crippen LogP contribution >= 0.6 is 11.8 Å². The molecule has 1 aromatic rings. The van der Waals surface area contributed by atoms with Crippen LogP contribution in [0.5, 0.6) is 0 Å². The van der Waals surface area contributed by atoms with Gasteiger partial charge in [-0.15, -0.1) is 0 Å². The lowest BCUT2D eigenvalue weighted by molar-refractivity contribution is 0.276. The molecular weight excluding hydrogens is 289 g/mol. The third kappa shape index (κ3) is 4.61. The first kappa shape index (κ1) is 16.1. The van der Waals surface area contributed by atoms with E-state index >= 15 is 0 Å². The molecule has 4 nitrogen and oxygen atoms in total. The summed E-state index contributed by atoms with van der Waals surface area (Å²) in [6, 6.07) is 4.57. The van der Waals surface area contributed by atoms with E-state index in [-0.39, 0.29) is 11.7 Å². The maximum Gasteiger partial charge on any atom is 0.170 e. The van der Waals surface area contributed by atoms with Crippen LogP contribution < -0.4 is 5.73 Å². The quantitative estimate of drug-likeness (QED) is 0.390. The summed E-state index contributed by atoms with van der Waals surface area (Å²) in [5.74, 6) is 0.650. The predicted molar refractivity (Wildman–Crippen MR) is 85.3 cm³/mol. The van der Waals surface area contributed by atoms with Gasteiger partial charge in [0, 0.05) is 29.2 Å². The van der Waals surface area contributed by atoms with Crippen LogP contribution in [0, 0.1) is 5.82 Å². The molecule has 1 aromatic carbocycles. The minimum atomic E-state index is -0.362. The topological polar surface area (TPSA) is 61.8 Å². The van der Waals surface area contributed by atoms with E-state index in [2.05, 4.69) is 23.9 Å². The van der Waals surface area contributed by atoms with Crippen molar-refractivity contribution in [3.05, 3.63) is 35.1 Å². The number of nitrogens with zero attached hydrogens (tertiary/aromatic N) is 2. The first-order valence-corrected chi connectivity index (χ1v) is 8.02. The third-order valence-corrected chi connectivity index (χ3v) is 5.07. The highest BCUT2D eigenvalue weighted by Crippen LogP contribution is 2.31. The van der Waals surface area contributed by atoms with Crippen LogP contribution in [0.3, 0.4) is 0 Å². The highest BCUT2D eigenvalue weighted by molar-refractivity contribution is 8.00. The van der Waals surface area contributed by atoms with Gasteiger partial charge in [0.05, 0.1) is 0 Å². The SMILES string of the molecule is CC1(C)CCN(Cc2cc(F)cc(/C(N)=N/O)c2)CCS1. The molecule has 6 heteroatoms. The van der Waals surface area contributed by atoms with Gasteiger partial charge in [-0.25, -0.2) is 4.39 Å². The highest BCUT2D eigenvalue weighted by Gasteiger charge is 2.23. The molecule has 0 atom stereocenters. The molecule has 0 unspecified atom stereocenters. The number of oxime groups is 1. The van der Waals surface area contributed by atoms with E-state index in [9.17, 15) is 4.39 Å². The summed E-state index contributed by atoms with van der Waals surface area (Å²) in [5.41, 5.74) is 6.80. The number of nitrogens with two attached hydrogens (primary N) is 1. The normalized spacial score (nSPS) is 20.2. The van der Waals surface area contributed by atoms with Gasteiger partial charge in [-0.1, -0.05) is 19.0 Å². The van der Waals surface area contributed by atoms with Crippen LogP contribution in [0.4, 0.5) is 4.39 Å². The van der Waals surface area contributed by atoms with Crippen molar-refractivity contribution in [2.75, 3.05) is 18.8 Å². The second-order valence-electron chi connectivity index (χ2n) is 5.97.